The van der Waals surface area contributed by atoms with Gasteiger partial charge in [0.1, 0.15) is 6.04 Å². The molecule has 2 atom stereocenters. The highest BCUT2D eigenvalue weighted by molar-refractivity contribution is 6.25. The summed E-state index contributed by atoms with van der Waals surface area (Å²) in [6.07, 6.45) is 1.25. The van der Waals surface area contributed by atoms with Gasteiger partial charge < -0.3 is 4.90 Å². The molecule has 4 aliphatic heterocycles. The van der Waals surface area contributed by atoms with Crippen molar-refractivity contribution >= 4 is 29.3 Å². The lowest BCUT2D eigenvalue weighted by atomic mass is 10.0. The van der Waals surface area contributed by atoms with Gasteiger partial charge in [0.05, 0.1) is 16.8 Å². The minimum Gasteiger partial charge on any atom is -0.369 e. The Morgan fingerprint density at radius 2 is 1.71 bits per heavy atom. The van der Waals surface area contributed by atoms with Crippen molar-refractivity contribution in [1.82, 2.24) is 20.1 Å². The highest BCUT2D eigenvalue weighted by atomic mass is 16.2. The molecule has 4 aliphatic rings. The molecule has 0 aliphatic carbocycles. The molecule has 0 aromatic heterocycles. The van der Waals surface area contributed by atoms with E-state index in [0.717, 1.165) is 56.3 Å². The number of hydrogen-bond donors (Lipinski definition) is 2. The molecular weight excluding hydrogens is 400 g/mol. The summed E-state index contributed by atoms with van der Waals surface area (Å²) in [6, 6.07) is 4.73. The van der Waals surface area contributed by atoms with Gasteiger partial charge in [-0.1, -0.05) is 6.07 Å². The molecule has 164 valence electrons. The first-order chi connectivity index (χ1) is 14.9. The van der Waals surface area contributed by atoms with E-state index in [9.17, 15) is 19.2 Å². The highest BCUT2D eigenvalue weighted by Crippen LogP contribution is 2.36. The van der Waals surface area contributed by atoms with E-state index < -0.39 is 23.8 Å². The van der Waals surface area contributed by atoms with Gasteiger partial charge >= 0.3 is 0 Å². The van der Waals surface area contributed by atoms with Gasteiger partial charge in [-0.2, -0.15) is 0 Å². The van der Waals surface area contributed by atoms with E-state index in [4.69, 9.17) is 5.84 Å². The van der Waals surface area contributed by atoms with Crippen LogP contribution < -0.4 is 16.1 Å². The lowest BCUT2D eigenvalue weighted by molar-refractivity contribution is -0.136. The van der Waals surface area contributed by atoms with E-state index in [1.807, 2.05) is 11.1 Å². The standard InChI is InChI=1S/C21H26N6O4/c22-26-10-8-24(9-11-26)13-6-7-25(12-13)15-3-1-2-14-18(15)21(31)27(20(14)30)16-4-5-17(28)23-19(16)29/h1-3,13,16H,4-12,22H2,(H,23,28,29). The SMILES string of the molecule is NN1CCN(C2CCN(c3cccc4c3C(=O)N(C3CCC(=O)NC3=O)C4=O)C2)CC1. The zero-order chi connectivity index (χ0) is 21.7. The lowest BCUT2D eigenvalue weighted by Gasteiger charge is -2.36. The van der Waals surface area contributed by atoms with Crippen molar-refractivity contribution < 1.29 is 19.2 Å². The number of benzene rings is 1. The fraction of sp³-hybridized carbons (Fsp3) is 0.524. The topological polar surface area (TPSA) is 119 Å². The quantitative estimate of drug-likeness (QED) is 0.474. The number of nitrogens with two attached hydrogens (primary N) is 1. The molecule has 5 rings (SSSR count). The summed E-state index contributed by atoms with van der Waals surface area (Å²) in [5.41, 5.74) is 1.43. The Morgan fingerprint density at radius 1 is 0.935 bits per heavy atom. The molecule has 1 aromatic rings. The first kappa shape index (κ1) is 20.1. The summed E-state index contributed by atoms with van der Waals surface area (Å²) in [7, 11) is 0. The van der Waals surface area contributed by atoms with Gasteiger partial charge in [0, 0.05) is 51.7 Å². The van der Waals surface area contributed by atoms with Crippen LogP contribution >= 0.6 is 0 Å². The summed E-state index contributed by atoms with van der Waals surface area (Å²) in [4.78, 5) is 55.8. The van der Waals surface area contributed by atoms with Crippen LogP contribution in [0.5, 0.6) is 0 Å². The van der Waals surface area contributed by atoms with Crippen LogP contribution in [0.2, 0.25) is 0 Å². The Kier molecular flexibility index (Phi) is 4.99. The number of amides is 4. The van der Waals surface area contributed by atoms with E-state index in [2.05, 4.69) is 15.1 Å². The largest absolute Gasteiger partial charge is 0.369 e. The van der Waals surface area contributed by atoms with E-state index in [0.29, 0.717) is 17.2 Å². The number of rotatable bonds is 3. The van der Waals surface area contributed by atoms with Crippen LogP contribution in [-0.4, -0.2) is 89.8 Å². The third kappa shape index (κ3) is 3.40. The number of anilines is 1. The average Bonchev–Trinajstić information content (AvgIpc) is 3.33. The third-order valence-electron chi connectivity index (χ3n) is 6.82. The van der Waals surface area contributed by atoms with Crippen LogP contribution in [0.1, 0.15) is 40.0 Å². The van der Waals surface area contributed by atoms with Gasteiger partial charge in [0.2, 0.25) is 11.8 Å². The maximum Gasteiger partial charge on any atom is 0.264 e. The second-order valence-electron chi connectivity index (χ2n) is 8.61. The molecule has 0 saturated carbocycles. The molecule has 3 fully saturated rings. The summed E-state index contributed by atoms with van der Waals surface area (Å²) in [6.45, 7) is 5.09. The zero-order valence-electron chi connectivity index (χ0n) is 17.2. The van der Waals surface area contributed by atoms with Crippen molar-refractivity contribution in [2.45, 2.75) is 31.3 Å². The minimum absolute atomic E-state index is 0.112. The predicted octanol–water partition coefficient (Wildman–Crippen LogP) is -0.842. The summed E-state index contributed by atoms with van der Waals surface area (Å²) < 4.78 is 0. The number of piperazine rings is 1. The first-order valence-electron chi connectivity index (χ1n) is 10.8. The van der Waals surface area contributed by atoms with Crippen molar-refractivity contribution in [1.29, 1.82) is 0 Å². The minimum atomic E-state index is -0.947. The van der Waals surface area contributed by atoms with Gasteiger partial charge in [0.25, 0.3) is 11.8 Å². The number of imide groups is 2. The van der Waals surface area contributed by atoms with Crippen molar-refractivity contribution in [3.8, 4) is 0 Å². The molecule has 3 N–H and O–H groups in total. The van der Waals surface area contributed by atoms with Crippen LogP contribution in [0.15, 0.2) is 18.2 Å². The molecule has 4 amide bonds. The van der Waals surface area contributed by atoms with Gasteiger partial charge in [-0.15, -0.1) is 0 Å². The normalized spacial score (nSPS) is 27.8. The summed E-state index contributed by atoms with van der Waals surface area (Å²) in [5.74, 6) is 3.98. The van der Waals surface area contributed by atoms with Gasteiger partial charge in [-0.3, -0.25) is 40.1 Å². The fourth-order valence-electron chi connectivity index (χ4n) is 5.12. The molecule has 0 radical (unpaired) electrons. The third-order valence-corrected chi connectivity index (χ3v) is 6.82. The van der Waals surface area contributed by atoms with Crippen LogP contribution in [0.3, 0.4) is 0 Å². The van der Waals surface area contributed by atoms with E-state index in [1.54, 1.807) is 12.1 Å². The Labute approximate surface area is 179 Å². The number of hydrogen-bond acceptors (Lipinski definition) is 8. The van der Waals surface area contributed by atoms with Crippen LogP contribution in [0.4, 0.5) is 5.69 Å². The molecule has 3 saturated heterocycles. The van der Waals surface area contributed by atoms with Gasteiger partial charge in [-0.25, -0.2) is 5.01 Å². The van der Waals surface area contributed by atoms with E-state index in [1.165, 1.54) is 0 Å². The van der Waals surface area contributed by atoms with Crippen molar-refractivity contribution in [3.05, 3.63) is 29.3 Å². The number of hydrazine groups is 1. The van der Waals surface area contributed by atoms with Crippen molar-refractivity contribution in [3.63, 3.8) is 0 Å². The maximum atomic E-state index is 13.3. The highest BCUT2D eigenvalue weighted by Gasteiger charge is 2.46. The number of nitrogens with zero attached hydrogens (tertiary/aromatic N) is 4. The summed E-state index contributed by atoms with van der Waals surface area (Å²) in [5, 5.41) is 4.07. The Balaban J connectivity index is 1.37. The maximum absolute atomic E-state index is 13.3. The molecule has 4 heterocycles. The Bertz CT molecular complexity index is 957. The lowest BCUT2D eigenvalue weighted by Crippen LogP contribution is -2.54. The zero-order valence-corrected chi connectivity index (χ0v) is 17.2. The predicted molar refractivity (Wildman–Crippen MR) is 111 cm³/mol. The van der Waals surface area contributed by atoms with Crippen LogP contribution in [-0.2, 0) is 9.59 Å². The smallest absolute Gasteiger partial charge is 0.264 e. The molecule has 31 heavy (non-hydrogen) atoms. The first-order valence-corrected chi connectivity index (χ1v) is 10.8. The fourth-order valence-corrected chi connectivity index (χ4v) is 5.12. The number of fused-ring (bicyclic) bond motifs is 1. The number of carbonyl (C=O) groups excluding carboxylic acids is 4. The molecule has 1 aromatic carbocycles. The second kappa shape index (κ2) is 7.70. The molecule has 10 heteroatoms. The number of nitrogens with one attached hydrogen (secondary N) is 1. The molecule has 2 unspecified atom stereocenters. The van der Waals surface area contributed by atoms with Gasteiger partial charge in [0.15, 0.2) is 0 Å². The van der Waals surface area contributed by atoms with Crippen LogP contribution in [0, 0.1) is 0 Å². The molecule has 10 nitrogen and oxygen atoms in total. The molecule has 0 bridgehead atoms. The number of piperidine rings is 1. The van der Waals surface area contributed by atoms with Crippen LogP contribution in [0.25, 0.3) is 0 Å². The molecule has 0 spiro atoms. The number of carbonyl (C=O) groups is 4. The van der Waals surface area contributed by atoms with Gasteiger partial charge in [-0.05, 0) is 25.0 Å². The summed E-state index contributed by atoms with van der Waals surface area (Å²) >= 11 is 0. The van der Waals surface area contributed by atoms with Crippen molar-refractivity contribution in [2.24, 2.45) is 5.84 Å². The average molecular weight is 426 g/mol. The Morgan fingerprint density at radius 3 is 2.45 bits per heavy atom. The molecular formula is C21H26N6O4. The Hall–Kier alpha value is -2.82. The monoisotopic (exact) mass is 426 g/mol. The van der Waals surface area contributed by atoms with E-state index >= 15 is 0 Å². The van der Waals surface area contributed by atoms with Crippen molar-refractivity contribution in [2.75, 3.05) is 44.2 Å². The second-order valence-corrected chi connectivity index (χ2v) is 8.61. The van der Waals surface area contributed by atoms with E-state index in [-0.39, 0.29) is 18.7 Å².